The molecular weight excluding hydrogens is 278 g/mol. The van der Waals surface area contributed by atoms with E-state index < -0.39 is 0 Å². The molecule has 0 unspecified atom stereocenters. The van der Waals surface area contributed by atoms with Crippen LogP contribution in [0.15, 0.2) is 41.7 Å². The summed E-state index contributed by atoms with van der Waals surface area (Å²) in [7, 11) is 0. The molecule has 0 amide bonds. The van der Waals surface area contributed by atoms with Gasteiger partial charge in [-0.3, -0.25) is 0 Å². The lowest BCUT2D eigenvalue weighted by Crippen LogP contribution is -2.13. The molecule has 0 fully saturated rings. The van der Waals surface area contributed by atoms with Gasteiger partial charge in [0.1, 0.15) is 0 Å². The molecule has 2 rings (SSSR count). The fourth-order valence-corrected chi connectivity index (χ4v) is 3.05. The molecule has 2 aromatic rings. The second kappa shape index (κ2) is 8.25. The van der Waals surface area contributed by atoms with Gasteiger partial charge in [0, 0.05) is 35.1 Å². The van der Waals surface area contributed by atoms with Gasteiger partial charge in [0.25, 0.3) is 0 Å². The van der Waals surface area contributed by atoms with Crippen molar-refractivity contribution in [2.24, 2.45) is 0 Å². The van der Waals surface area contributed by atoms with E-state index in [0.29, 0.717) is 6.04 Å². The highest BCUT2D eigenvalue weighted by atomic mass is 32.2. The zero-order valence-corrected chi connectivity index (χ0v) is 14.0. The van der Waals surface area contributed by atoms with Crippen LogP contribution in [0.1, 0.15) is 44.5 Å². The summed E-state index contributed by atoms with van der Waals surface area (Å²) in [5.41, 5.74) is 2.63. The van der Waals surface area contributed by atoms with Crippen molar-refractivity contribution >= 4 is 11.8 Å². The second-order valence-electron chi connectivity index (χ2n) is 5.50. The maximum atomic E-state index is 4.25. The van der Waals surface area contributed by atoms with Gasteiger partial charge in [0.15, 0.2) is 0 Å². The Morgan fingerprint density at radius 3 is 2.67 bits per heavy atom. The number of imidazole rings is 1. The van der Waals surface area contributed by atoms with E-state index in [1.807, 2.05) is 24.3 Å². The van der Waals surface area contributed by atoms with E-state index in [4.69, 9.17) is 0 Å². The number of benzene rings is 1. The van der Waals surface area contributed by atoms with Crippen molar-refractivity contribution in [3.05, 3.63) is 48.0 Å². The molecule has 1 heterocycles. The first-order valence-corrected chi connectivity index (χ1v) is 8.62. The number of thioether (sulfide) groups is 1. The summed E-state index contributed by atoms with van der Waals surface area (Å²) in [6, 6.07) is 9.32. The fraction of sp³-hybridized carbons (Fsp3) is 0.471. The summed E-state index contributed by atoms with van der Waals surface area (Å²) in [6.07, 6.45) is 5.07. The molecule has 0 radical (unpaired) electrons. The Morgan fingerprint density at radius 1 is 1.24 bits per heavy atom. The Kier molecular flexibility index (Phi) is 6.33. The first kappa shape index (κ1) is 16.1. The maximum Gasteiger partial charge on any atom is 0.0950 e. The fourth-order valence-electron chi connectivity index (χ4n) is 2.18. The summed E-state index contributed by atoms with van der Waals surface area (Å²) in [4.78, 5) is 5.56. The van der Waals surface area contributed by atoms with Gasteiger partial charge < -0.3 is 9.88 Å². The zero-order valence-electron chi connectivity index (χ0n) is 13.2. The smallest absolute Gasteiger partial charge is 0.0950 e. The van der Waals surface area contributed by atoms with Crippen LogP contribution in [-0.4, -0.2) is 16.1 Å². The molecule has 3 nitrogen and oxygen atoms in total. The maximum absolute atomic E-state index is 4.25. The molecule has 4 heteroatoms. The van der Waals surface area contributed by atoms with Crippen molar-refractivity contribution in [3.8, 4) is 0 Å². The van der Waals surface area contributed by atoms with Gasteiger partial charge in [0.05, 0.1) is 6.33 Å². The van der Waals surface area contributed by atoms with Crippen LogP contribution >= 0.6 is 11.8 Å². The van der Waals surface area contributed by atoms with Crippen molar-refractivity contribution in [2.45, 2.75) is 50.4 Å². The number of nitrogens with one attached hydrogen (secondary N) is 1. The van der Waals surface area contributed by atoms with Gasteiger partial charge in [-0.15, -0.1) is 11.8 Å². The molecule has 114 valence electrons. The van der Waals surface area contributed by atoms with Crippen LogP contribution in [0.25, 0.3) is 0 Å². The summed E-state index contributed by atoms with van der Waals surface area (Å²) < 4.78 is 2.23. The zero-order chi connectivity index (χ0) is 15.1. The van der Waals surface area contributed by atoms with Crippen molar-refractivity contribution in [3.63, 3.8) is 0 Å². The first-order chi connectivity index (χ1) is 10.2. The third kappa shape index (κ3) is 4.90. The number of hydrogen-bond donors (Lipinski definition) is 1. The van der Waals surface area contributed by atoms with Gasteiger partial charge >= 0.3 is 0 Å². The third-order valence-electron chi connectivity index (χ3n) is 3.37. The minimum Gasteiger partial charge on any atom is -0.331 e. The summed E-state index contributed by atoms with van der Waals surface area (Å²) >= 11 is 1.87. The average molecular weight is 303 g/mol. The minimum absolute atomic E-state index is 0.468. The topological polar surface area (TPSA) is 29.9 Å². The largest absolute Gasteiger partial charge is 0.331 e. The highest BCUT2D eigenvalue weighted by molar-refractivity contribution is 7.98. The molecule has 0 spiro atoms. The second-order valence-corrected chi connectivity index (χ2v) is 6.54. The van der Waals surface area contributed by atoms with Crippen molar-refractivity contribution < 1.29 is 0 Å². The Hall–Kier alpha value is -1.26. The van der Waals surface area contributed by atoms with Crippen LogP contribution < -0.4 is 5.32 Å². The molecule has 1 aromatic heterocycles. The van der Waals surface area contributed by atoms with Gasteiger partial charge in [0.2, 0.25) is 0 Å². The molecule has 0 bridgehead atoms. The molecule has 0 saturated carbocycles. The van der Waals surface area contributed by atoms with Crippen LogP contribution in [0.2, 0.25) is 0 Å². The molecule has 1 aromatic carbocycles. The van der Waals surface area contributed by atoms with Gasteiger partial charge in [-0.05, 0) is 44.5 Å². The van der Waals surface area contributed by atoms with Crippen molar-refractivity contribution in [1.82, 2.24) is 14.9 Å². The Balaban J connectivity index is 1.87. The van der Waals surface area contributed by atoms with Crippen molar-refractivity contribution in [2.75, 3.05) is 6.54 Å². The van der Waals surface area contributed by atoms with Gasteiger partial charge in [-0.2, -0.15) is 0 Å². The van der Waals surface area contributed by atoms with Crippen LogP contribution in [0.3, 0.4) is 0 Å². The van der Waals surface area contributed by atoms with Gasteiger partial charge in [-0.1, -0.05) is 19.1 Å². The molecule has 21 heavy (non-hydrogen) atoms. The lowest BCUT2D eigenvalue weighted by molar-refractivity contribution is 0.584. The summed E-state index contributed by atoms with van der Waals surface area (Å²) in [5.74, 6) is 0.964. The standard InChI is InChI=1S/C17H25N3S/c1-4-9-18-10-15-5-7-17(8-6-15)21-12-16-11-19-13-20(16)14(2)3/h5-8,11,13-14,18H,4,9-10,12H2,1-3H3. The molecule has 0 aliphatic heterocycles. The van der Waals surface area contributed by atoms with Crippen LogP contribution in [0.4, 0.5) is 0 Å². The highest BCUT2D eigenvalue weighted by Crippen LogP contribution is 2.24. The highest BCUT2D eigenvalue weighted by Gasteiger charge is 2.05. The number of nitrogens with zero attached hydrogens (tertiary/aromatic N) is 2. The molecular formula is C17H25N3S. The van der Waals surface area contributed by atoms with Gasteiger partial charge in [-0.25, -0.2) is 4.98 Å². The van der Waals surface area contributed by atoms with Crippen molar-refractivity contribution in [1.29, 1.82) is 0 Å². The molecule has 1 N–H and O–H groups in total. The van der Waals surface area contributed by atoms with E-state index in [0.717, 1.165) is 18.8 Å². The van der Waals surface area contributed by atoms with E-state index >= 15 is 0 Å². The summed E-state index contributed by atoms with van der Waals surface area (Å²) in [5, 5.41) is 3.43. The normalized spacial score (nSPS) is 11.2. The number of rotatable bonds is 8. The summed E-state index contributed by atoms with van der Waals surface area (Å²) in [6.45, 7) is 8.60. The number of hydrogen-bond acceptors (Lipinski definition) is 3. The lowest BCUT2D eigenvalue weighted by Gasteiger charge is -2.11. The number of aromatic nitrogens is 2. The predicted octanol–water partition coefficient (Wildman–Crippen LogP) is 4.26. The third-order valence-corrected chi connectivity index (χ3v) is 4.41. The molecule has 0 saturated heterocycles. The van der Waals surface area contributed by atoms with E-state index in [9.17, 15) is 0 Å². The molecule has 0 atom stereocenters. The Morgan fingerprint density at radius 2 is 2.00 bits per heavy atom. The average Bonchev–Trinajstić information content (AvgIpc) is 2.95. The lowest BCUT2D eigenvalue weighted by atomic mass is 10.2. The molecule has 0 aliphatic carbocycles. The van der Waals surface area contributed by atoms with E-state index in [-0.39, 0.29) is 0 Å². The predicted molar refractivity (Wildman–Crippen MR) is 90.6 cm³/mol. The van der Waals surface area contributed by atoms with Crippen LogP contribution in [-0.2, 0) is 12.3 Å². The first-order valence-electron chi connectivity index (χ1n) is 7.64. The van der Waals surface area contributed by atoms with Crippen LogP contribution in [0.5, 0.6) is 0 Å². The SMILES string of the molecule is CCCNCc1ccc(SCc2cncn2C(C)C)cc1. The minimum atomic E-state index is 0.468. The van der Waals surface area contributed by atoms with E-state index in [1.165, 1.54) is 22.6 Å². The van der Waals surface area contributed by atoms with Crippen LogP contribution in [0, 0.1) is 0 Å². The monoisotopic (exact) mass is 303 g/mol. The molecule has 0 aliphatic rings. The Labute approximate surface area is 132 Å². The quantitative estimate of drug-likeness (QED) is 0.584. The Bertz CT molecular complexity index is 531. The van der Waals surface area contributed by atoms with E-state index in [2.05, 4.69) is 59.9 Å². The van der Waals surface area contributed by atoms with E-state index in [1.54, 1.807) is 0 Å².